The molecule has 1 aromatic heterocycles. The van der Waals surface area contributed by atoms with Crippen molar-refractivity contribution in [3.05, 3.63) is 63.2 Å². The number of hydrogen-bond acceptors (Lipinski definition) is 8. The van der Waals surface area contributed by atoms with Gasteiger partial charge in [-0.05, 0) is 17.7 Å². The Kier molecular flexibility index (Phi) is 6.39. The van der Waals surface area contributed by atoms with E-state index in [9.17, 15) is 14.7 Å². The van der Waals surface area contributed by atoms with Gasteiger partial charge in [-0.1, -0.05) is 18.2 Å². The summed E-state index contributed by atoms with van der Waals surface area (Å²) in [5.41, 5.74) is 1.02. The van der Waals surface area contributed by atoms with E-state index in [0.29, 0.717) is 31.1 Å². The Balaban J connectivity index is 1.72. The minimum Gasteiger partial charge on any atom is -0.502 e. The van der Waals surface area contributed by atoms with Crippen LogP contribution in [0, 0.1) is 0 Å². The highest BCUT2D eigenvalue weighted by Gasteiger charge is 2.30. The van der Waals surface area contributed by atoms with Crippen molar-refractivity contribution < 1.29 is 28.5 Å². The largest absolute Gasteiger partial charge is 0.502 e. The van der Waals surface area contributed by atoms with Crippen LogP contribution < -0.4 is 10.2 Å². The highest BCUT2D eigenvalue weighted by atomic mass is 16.5. The number of benzene rings is 1. The summed E-state index contributed by atoms with van der Waals surface area (Å²) in [6, 6.07) is 8.82. The summed E-state index contributed by atoms with van der Waals surface area (Å²) in [5, 5.41) is 10.5. The molecule has 0 spiro atoms. The molecule has 2 aromatic rings. The number of nitrogens with zero attached hydrogens (tertiary/aromatic N) is 1. The van der Waals surface area contributed by atoms with Gasteiger partial charge in [0.1, 0.15) is 18.1 Å². The van der Waals surface area contributed by atoms with Gasteiger partial charge in [0.25, 0.3) is 0 Å². The van der Waals surface area contributed by atoms with Crippen LogP contribution in [0.25, 0.3) is 6.08 Å². The van der Waals surface area contributed by atoms with E-state index in [1.807, 2.05) is 30.3 Å². The number of rotatable bonds is 6. The summed E-state index contributed by atoms with van der Waals surface area (Å²) in [6.07, 6.45) is 1.81. The summed E-state index contributed by atoms with van der Waals surface area (Å²) in [4.78, 5) is 26.8. The molecule has 4 rings (SSSR count). The number of carbonyl (C=O) groups excluding carboxylic acids is 1. The lowest BCUT2D eigenvalue weighted by Gasteiger charge is -2.27. The second-order valence-corrected chi connectivity index (χ2v) is 7.56. The van der Waals surface area contributed by atoms with Crippen LogP contribution >= 0.6 is 0 Å². The molecule has 0 unspecified atom stereocenters. The van der Waals surface area contributed by atoms with Crippen LogP contribution in [0.4, 0.5) is 0 Å². The van der Waals surface area contributed by atoms with Crippen molar-refractivity contribution in [1.29, 1.82) is 0 Å². The number of carbonyl (C=O) groups is 1. The molecule has 1 saturated heterocycles. The van der Waals surface area contributed by atoms with Crippen molar-refractivity contribution in [3.8, 4) is 11.5 Å². The van der Waals surface area contributed by atoms with Crippen LogP contribution in [-0.2, 0) is 20.8 Å². The number of ether oxygens (including phenoxy) is 3. The van der Waals surface area contributed by atoms with E-state index >= 15 is 0 Å². The molecule has 2 aliphatic rings. The van der Waals surface area contributed by atoms with E-state index in [1.54, 1.807) is 0 Å². The first-order valence-electron chi connectivity index (χ1n) is 10.2. The zero-order valence-electron chi connectivity index (χ0n) is 17.3. The smallest absolute Gasteiger partial charge is 0.306 e. The Morgan fingerprint density at radius 1 is 1.26 bits per heavy atom. The van der Waals surface area contributed by atoms with E-state index in [1.165, 1.54) is 13.2 Å². The fraction of sp³-hybridized carbons (Fsp3) is 0.391. The fourth-order valence-corrected chi connectivity index (χ4v) is 3.83. The SMILES string of the molecule is COC(=O)C[C@H](C1=Cc2ccccc2OC1)c1oc(CN2CCOCC2)cc(=O)c1O. The second-order valence-electron chi connectivity index (χ2n) is 7.56. The average Bonchev–Trinajstić information content (AvgIpc) is 2.80. The van der Waals surface area contributed by atoms with Crippen molar-refractivity contribution in [1.82, 2.24) is 4.90 Å². The molecule has 0 radical (unpaired) electrons. The van der Waals surface area contributed by atoms with E-state index in [-0.39, 0.29) is 18.8 Å². The lowest BCUT2D eigenvalue weighted by atomic mass is 9.89. The Hall–Kier alpha value is -3.10. The number of fused-ring (bicyclic) bond motifs is 1. The number of methoxy groups -OCH3 is 1. The second kappa shape index (κ2) is 9.36. The number of aromatic hydroxyl groups is 1. The standard InChI is InChI=1S/C23H25NO7/c1-28-21(26)12-18(16-10-15-4-2-3-5-20(15)30-14-16)23-22(27)19(25)11-17(31-23)13-24-6-8-29-9-7-24/h2-5,10-11,18,27H,6-9,12-14H2,1H3/t18-/m1/s1. The zero-order chi connectivity index (χ0) is 21.8. The maximum Gasteiger partial charge on any atom is 0.306 e. The third-order valence-corrected chi connectivity index (χ3v) is 5.50. The number of esters is 1. The third kappa shape index (κ3) is 4.81. The molecule has 31 heavy (non-hydrogen) atoms. The predicted molar refractivity (Wildman–Crippen MR) is 112 cm³/mol. The van der Waals surface area contributed by atoms with Gasteiger partial charge < -0.3 is 23.7 Å². The maximum absolute atomic E-state index is 12.5. The Labute approximate surface area is 179 Å². The highest BCUT2D eigenvalue weighted by molar-refractivity contribution is 5.73. The van der Waals surface area contributed by atoms with Crippen molar-refractivity contribution in [2.24, 2.45) is 0 Å². The molecule has 1 aromatic carbocycles. The molecular formula is C23H25NO7. The third-order valence-electron chi connectivity index (χ3n) is 5.50. The zero-order valence-corrected chi connectivity index (χ0v) is 17.3. The lowest BCUT2D eigenvalue weighted by molar-refractivity contribution is -0.141. The summed E-state index contributed by atoms with van der Waals surface area (Å²) >= 11 is 0. The van der Waals surface area contributed by atoms with Crippen LogP contribution in [0.1, 0.15) is 29.4 Å². The van der Waals surface area contributed by atoms with Crippen molar-refractivity contribution >= 4 is 12.0 Å². The first-order chi connectivity index (χ1) is 15.0. The molecule has 8 nitrogen and oxygen atoms in total. The van der Waals surface area contributed by atoms with Crippen LogP contribution in [-0.4, -0.2) is 56.0 Å². The normalized spacial score (nSPS) is 17.3. The van der Waals surface area contributed by atoms with Crippen molar-refractivity contribution in [2.45, 2.75) is 18.9 Å². The quantitative estimate of drug-likeness (QED) is 0.702. The van der Waals surface area contributed by atoms with Gasteiger partial charge >= 0.3 is 5.97 Å². The minimum atomic E-state index is -0.696. The molecular weight excluding hydrogens is 402 g/mol. The lowest BCUT2D eigenvalue weighted by Crippen LogP contribution is -2.35. The van der Waals surface area contributed by atoms with Gasteiger partial charge in [-0.25, -0.2) is 0 Å². The Morgan fingerprint density at radius 2 is 2.03 bits per heavy atom. The number of hydrogen-bond donors (Lipinski definition) is 1. The van der Waals surface area contributed by atoms with Gasteiger partial charge in [-0.3, -0.25) is 14.5 Å². The first-order valence-corrected chi connectivity index (χ1v) is 10.2. The Bertz CT molecular complexity index is 1040. The number of para-hydroxylation sites is 1. The van der Waals surface area contributed by atoms with Crippen LogP contribution in [0.3, 0.4) is 0 Å². The van der Waals surface area contributed by atoms with Gasteiger partial charge in [0.05, 0.1) is 39.2 Å². The molecule has 0 amide bonds. The topological polar surface area (TPSA) is 98.4 Å². The summed E-state index contributed by atoms with van der Waals surface area (Å²) in [5.74, 6) is -0.472. The monoisotopic (exact) mass is 427 g/mol. The molecule has 164 valence electrons. The molecule has 3 heterocycles. The van der Waals surface area contributed by atoms with Gasteiger partial charge in [0.15, 0.2) is 5.76 Å². The molecule has 1 atom stereocenters. The van der Waals surface area contributed by atoms with Gasteiger partial charge in [-0.15, -0.1) is 0 Å². The Morgan fingerprint density at radius 3 is 2.81 bits per heavy atom. The molecule has 1 fully saturated rings. The molecule has 0 aliphatic carbocycles. The highest BCUT2D eigenvalue weighted by Crippen LogP contribution is 2.38. The van der Waals surface area contributed by atoms with Crippen LogP contribution in [0.15, 0.2) is 45.1 Å². The summed E-state index contributed by atoms with van der Waals surface area (Å²) in [7, 11) is 1.30. The molecule has 0 bridgehead atoms. The van der Waals surface area contributed by atoms with Crippen molar-refractivity contribution in [3.63, 3.8) is 0 Å². The summed E-state index contributed by atoms with van der Waals surface area (Å²) in [6.45, 7) is 3.29. The van der Waals surface area contributed by atoms with Crippen molar-refractivity contribution in [2.75, 3.05) is 40.0 Å². The van der Waals surface area contributed by atoms with Crippen LogP contribution in [0.2, 0.25) is 0 Å². The predicted octanol–water partition coefficient (Wildman–Crippen LogP) is 2.30. The van der Waals surface area contributed by atoms with Crippen LogP contribution in [0.5, 0.6) is 11.5 Å². The van der Waals surface area contributed by atoms with Gasteiger partial charge in [-0.2, -0.15) is 0 Å². The van der Waals surface area contributed by atoms with E-state index in [0.717, 1.165) is 24.4 Å². The van der Waals surface area contributed by atoms with E-state index < -0.39 is 23.1 Å². The van der Waals surface area contributed by atoms with E-state index in [4.69, 9.17) is 18.6 Å². The maximum atomic E-state index is 12.5. The average molecular weight is 427 g/mol. The minimum absolute atomic E-state index is 0.0513. The molecule has 8 heteroatoms. The first kappa shape index (κ1) is 21.1. The van der Waals surface area contributed by atoms with Gasteiger partial charge in [0, 0.05) is 24.7 Å². The summed E-state index contributed by atoms with van der Waals surface area (Å²) < 4.78 is 22.0. The fourth-order valence-electron chi connectivity index (χ4n) is 3.83. The van der Waals surface area contributed by atoms with E-state index in [2.05, 4.69) is 4.90 Å². The molecule has 2 aliphatic heterocycles. The molecule has 0 saturated carbocycles. The number of morpholine rings is 1. The molecule has 1 N–H and O–H groups in total. The van der Waals surface area contributed by atoms with Gasteiger partial charge in [0.2, 0.25) is 11.2 Å².